The molecule has 1 aliphatic carbocycles. The molecular weight excluding hydrogens is 356 g/mol. The predicted octanol–water partition coefficient (Wildman–Crippen LogP) is 1.03. The number of fused-ring (bicyclic) bond motifs is 1. The number of carbonyl (C=O) groups excluding carboxylic acids is 1. The summed E-state index contributed by atoms with van der Waals surface area (Å²) in [5, 5.41) is 0. The van der Waals surface area contributed by atoms with Gasteiger partial charge in [-0.2, -0.15) is 4.98 Å². The van der Waals surface area contributed by atoms with E-state index in [-0.39, 0.29) is 17.2 Å². The Balaban J connectivity index is 1.63. The van der Waals surface area contributed by atoms with E-state index in [0.29, 0.717) is 0 Å². The Morgan fingerprint density at radius 2 is 1.86 bits per heavy atom. The van der Waals surface area contributed by atoms with E-state index in [0.717, 1.165) is 83.3 Å². The summed E-state index contributed by atoms with van der Waals surface area (Å²) in [6.45, 7) is 9.41. The number of hydrogen-bond acceptors (Lipinski definition) is 7. The van der Waals surface area contributed by atoms with Gasteiger partial charge >= 0.3 is 0 Å². The zero-order valence-electron chi connectivity index (χ0n) is 17.0. The number of hydrazine groups is 1. The standard InChI is InChI=1S/C20H32N6O2/c1-20(2)6-3-15-16(13-20)22-19(26-9-11-28-12-10-26)23-17(15)25-7-4-14(5-8-25)18(27)24-21/h14H,3-13,21H2,1-2H3,(H,24,27). The van der Waals surface area contributed by atoms with Gasteiger partial charge in [0, 0.05) is 37.7 Å². The third-order valence-corrected chi connectivity index (χ3v) is 6.36. The highest BCUT2D eigenvalue weighted by Gasteiger charge is 2.33. The second-order valence-electron chi connectivity index (χ2n) is 8.98. The van der Waals surface area contributed by atoms with Crippen molar-refractivity contribution in [1.29, 1.82) is 0 Å². The largest absolute Gasteiger partial charge is 0.378 e. The minimum atomic E-state index is -0.0554. The number of nitrogens with one attached hydrogen (secondary N) is 1. The lowest BCUT2D eigenvalue weighted by molar-refractivity contribution is -0.125. The topological polar surface area (TPSA) is 96.6 Å². The molecule has 154 valence electrons. The van der Waals surface area contributed by atoms with Gasteiger partial charge < -0.3 is 14.5 Å². The lowest BCUT2D eigenvalue weighted by Gasteiger charge is -2.38. The Morgan fingerprint density at radius 3 is 2.54 bits per heavy atom. The molecule has 0 radical (unpaired) electrons. The van der Waals surface area contributed by atoms with Gasteiger partial charge in [0.15, 0.2) is 0 Å². The molecule has 3 aliphatic rings. The van der Waals surface area contributed by atoms with E-state index < -0.39 is 0 Å². The first-order valence-electron chi connectivity index (χ1n) is 10.4. The number of aromatic nitrogens is 2. The van der Waals surface area contributed by atoms with Gasteiger partial charge in [-0.3, -0.25) is 10.2 Å². The molecule has 4 rings (SSSR count). The maximum absolute atomic E-state index is 11.9. The van der Waals surface area contributed by atoms with E-state index in [9.17, 15) is 4.79 Å². The normalized spacial score (nSPS) is 22.7. The number of hydrogen-bond donors (Lipinski definition) is 2. The molecule has 2 aliphatic heterocycles. The number of nitrogens with zero attached hydrogens (tertiary/aromatic N) is 4. The molecule has 1 amide bonds. The van der Waals surface area contributed by atoms with Crippen LogP contribution in [0.4, 0.5) is 11.8 Å². The molecule has 2 saturated heterocycles. The van der Waals surface area contributed by atoms with Gasteiger partial charge in [0.05, 0.1) is 18.9 Å². The molecule has 3 N–H and O–H groups in total. The van der Waals surface area contributed by atoms with Crippen molar-refractivity contribution in [2.24, 2.45) is 17.2 Å². The van der Waals surface area contributed by atoms with Crippen LogP contribution in [0.3, 0.4) is 0 Å². The average molecular weight is 389 g/mol. The Hall–Kier alpha value is -1.93. The van der Waals surface area contributed by atoms with Crippen LogP contribution >= 0.6 is 0 Å². The van der Waals surface area contributed by atoms with Gasteiger partial charge in [-0.25, -0.2) is 10.8 Å². The van der Waals surface area contributed by atoms with Crippen LogP contribution in [-0.4, -0.2) is 55.3 Å². The van der Waals surface area contributed by atoms with Gasteiger partial charge in [-0.1, -0.05) is 13.8 Å². The van der Waals surface area contributed by atoms with Crippen LogP contribution in [0, 0.1) is 11.3 Å². The highest BCUT2D eigenvalue weighted by atomic mass is 16.5. The highest BCUT2D eigenvalue weighted by molar-refractivity contribution is 5.78. The van der Waals surface area contributed by atoms with Crippen molar-refractivity contribution in [3.8, 4) is 0 Å². The Kier molecular flexibility index (Phi) is 5.42. The van der Waals surface area contributed by atoms with Crippen molar-refractivity contribution in [2.75, 3.05) is 49.2 Å². The molecule has 0 unspecified atom stereocenters. The van der Waals surface area contributed by atoms with Gasteiger partial charge in [-0.15, -0.1) is 0 Å². The van der Waals surface area contributed by atoms with E-state index >= 15 is 0 Å². The summed E-state index contributed by atoms with van der Waals surface area (Å²) in [4.78, 5) is 26.5. The second-order valence-corrected chi connectivity index (χ2v) is 8.98. The van der Waals surface area contributed by atoms with Crippen molar-refractivity contribution >= 4 is 17.7 Å². The van der Waals surface area contributed by atoms with Crippen molar-refractivity contribution in [2.45, 2.75) is 46.0 Å². The summed E-state index contributed by atoms with van der Waals surface area (Å²) in [7, 11) is 0. The van der Waals surface area contributed by atoms with Crippen LogP contribution in [0.15, 0.2) is 0 Å². The summed E-state index contributed by atoms with van der Waals surface area (Å²) in [6, 6.07) is 0. The maximum Gasteiger partial charge on any atom is 0.237 e. The van der Waals surface area contributed by atoms with Crippen LogP contribution in [0.25, 0.3) is 0 Å². The van der Waals surface area contributed by atoms with Crippen LogP contribution < -0.4 is 21.1 Å². The minimum absolute atomic E-state index is 0.00318. The SMILES string of the molecule is CC1(C)CCc2c(nc(N3CCOCC3)nc2N2CCC(C(=O)NN)CC2)C1. The molecule has 8 nitrogen and oxygen atoms in total. The monoisotopic (exact) mass is 388 g/mol. The summed E-state index contributed by atoms with van der Waals surface area (Å²) >= 11 is 0. The minimum Gasteiger partial charge on any atom is -0.378 e. The van der Waals surface area contributed by atoms with E-state index in [1.165, 1.54) is 11.3 Å². The molecule has 0 saturated carbocycles. The number of amides is 1. The molecule has 0 atom stereocenters. The number of carbonyl (C=O) groups is 1. The van der Waals surface area contributed by atoms with Crippen molar-refractivity contribution in [1.82, 2.24) is 15.4 Å². The third kappa shape index (κ3) is 3.93. The molecule has 0 aromatic carbocycles. The summed E-state index contributed by atoms with van der Waals surface area (Å²) < 4.78 is 5.50. The predicted molar refractivity (Wildman–Crippen MR) is 108 cm³/mol. The number of piperidine rings is 1. The molecule has 1 aromatic rings. The number of rotatable bonds is 3. The molecule has 2 fully saturated rings. The molecule has 1 aromatic heterocycles. The lowest BCUT2D eigenvalue weighted by Crippen LogP contribution is -2.44. The van der Waals surface area contributed by atoms with Crippen LogP contribution in [0.2, 0.25) is 0 Å². The van der Waals surface area contributed by atoms with E-state index in [1.807, 2.05) is 0 Å². The number of nitrogens with two attached hydrogens (primary N) is 1. The van der Waals surface area contributed by atoms with Gasteiger partial charge in [0.2, 0.25) is 11.9 Å². The Labute approximate surface area is 166 Å². The first-order valence-corrected chi connectivity index (χ1v) is 10.4. The quantitative estimate of drug-likeness (QED) is 0.454. The number of anilines is 2. The summed E-state index contributed by atoms with van der Waals surface area (Å²) in [5.74, 6) is 7.17. The van der Waals surface area contributed by atoms with E-state index in [4.69, 9.17) is 20.5 Å². The lowest BCUT2D eigenvalue weighted by atomic mass is 9.76. The molecule has 0 bridgehead atoms. The first-order chi connectivity index (χ1) is 13.5. The van der Waals surface area contributed by atoms with Gasteiger partial charge in [0.1, 0.15) is 5.82 Å². The van der Waals surface area contributed by atoms with Crippen molar-refractivity contribution < 1.29 is 9.53 Å². The fourth-order valence-electron chi connectivity index (χ4n) is 4.55. The Bertz CT molecular complexity index is 724. The molecule has 8 heteroatoms. The molecule has 28 heavy (non-hydrogen) atoms. The van der Waals surface area contributed by atoms with E-state index in [2.05, 4.69) is 29.1 Å². The molecule has 3 heterocycles. The zero-order chi connectivity index (χ0) is 19.7. The number of ether oxygens (including phenoxy) is 1. The average Bonchev–Trinajstić information content (AvgIpc) is 2.72. The molecule has 0 spiro atoms. The van der Waals surface area contributed by atoms with Crippen LogP contribution in [0.1, 0.15) is 44.4 Å². The Morgan fingerprint density at radius 1 is 1.14 bits per heavy atom. The van der Waals surface area contributed by atoms with Crippen molar-refractivity contribution in [3.63, 3.8) is 0 Å². The van der Waals surface area contributed by atoms with Crippen LogP contribution in [0.5, 0.6) is 0 Å². The fourth-order valence-corrected chi connectivity index (χ4v) is 4.55. The summed E-state index contributed by atoms with van der Waals surface area (Å²) in [6.07, 6.45) is 4.77. The maximum atomic E-state index is 11.9. The first kappa shape index (κ1) is 19.4. The van der Waals surface area contributed by atoms with E-state index in [1.54, 1.807) is 0 Å². The van der Waals surface area contributed by atoms with Crippen LogP contribution in [-0.2, 0) is 22.4 Å². The molecular formula is C20H32N6O2. The second kappa shape index (κ2) is 7.83. The zero-order valence-corrected chi connectivity index (χ0v) is 17.0. The summed E-state index contributed by atoms with van der Waals surface area (Å²) in [5.41, 5.74) is 5.07. The van der Waals surface area contributed by atoms with Gasteiger partial charge in [0.25, 0.3) is 0 Å². The van der Waals surface area contributed by atoms with Crippen molar-refractivity contribution in [3.05, 3.63) is 11.3 Å². The fraction of sp³-hybridized carbons (Fsp3) is 0.750. The number of morpholine rings is 1. The third-order valence-electron chi connectivity index (χ3n) is 6.36. The van der Waals surface area contributed by atoms with Gasteiger partial charge in [-0.05, 0) is 37.5 Å². The highest BCUT2D eigenvalue weighted by Crippen LogP contribution is 2.39. The smallest absolute Gasteiger partial charge is 0.237 e.